The van der Waals surface area contributed by atoms with Gasteiger partial charge in [0.25, 0.3) is 0 Å². The number of nitrogens with zero attached hydrogens (tertiary/aromatic N) is 4. The number of thiazole rings is 1. The van der Waals surface area contributed by atoms with Crippen LogP contribution in [0.25, 0.3) is 11.4 Å². The van der Waals surface area contributed by atoms with Crippen LogP contribution in [-0.4, -0.2) is 32.5 Å². The summed E-state index contributed by atoms with van der Waals surface area (Å²) in [5.41, 5.74) is 1.74. The van der Waals surface area contributed by atoms with Gasteiger partial charge in [0.15, 0.2) is 0 Å². The van der Waals surface area contributed by atoms with Gasteiger partial charge in [0, 0.05) is 17.5 Å². The molecule has 1 atom stereocenters. The second-order valence-corrected chi connectivity index (χ2v) is 7.16. The second-order valence-electron chi connectivity index (χ2n) is 6.10. The van der Waals surface area contributed by atoms with Crippen LogP contribution in [0.15, 0.2) is 40.2 Å². The van der Waals surface area contributed by atoms with Gasteiger partial charge in [-0.25, -0.2) is 4.98 Å². The summed E-state index contributed by atoms with van der Waals surface area (Å²) in [5.74, 6) is 1.14. The third kappa shape index (κ3) is 3.32. The molecular weight excluding hydrogens is 336 g/mol. The molecule has 0 spiro atoms. The van der Waals surface area contributed by atoms with Crippen LogP contribution in [0.4, 0.5) is 0 Å². The lowest BCUT2D eigenvalue weighted by Crippen LogP contribution is -2.32. The summed E-state index contributed by atoms with van der Waals surface area (Å²) in [6.45, 7) is 2.66. The Morgan fingerprint density at radius 2 is 2.16 bits per heavy atom. The van der Waals surface area contributed by atoms with Gasteiger partial charge in [-0.1, -0.05) is 35.5 Å². The number of hydrogen-bond donors (Lipinski definition) is 0. The average molecular weight is 354 g/mol. The standard InChI is InChI=1S/C18H18N4O2S/c1-12-19-14(11-25-12)10-16(23)22-9-5-8-15(22)18-20-17(21-24-18)13-6-3-2-4-7-13/h2-4,6-7,11,15H,5,8-10H2,1H3/t15-/m1/s1. The fourth-order valence-electron chi connectivity index (χ4n) is 3.14. The van der Waals surface area contributed by atoms with Crippen LogP contribution < -0.4 is 0 Å². The molecule has 1 aromatic carbocycles. The molecule has 0 bridgehead atoms. The Balaban J connectivity index is 1.51. The highest BCUT2D eigenvalue weighted by molar-refractivity contribution is 7.09. The largest absolute Gasteiger partial charge is 0.337 e. The zero-order valence-electron chi connectivity index (χ0n) is 13.9. The van der Waals surface area contributed by atoms with Gasteiger partial charge in [0.2, 0.25) is 17.6 Å². The summed E-state index contributed by atoms with van der Waals surface area (Å²) in [7, 11) is 0. The number of aromatic nitrogens is 3. The quantitative estimate of drug-likeness (QED) is 0.718. The van der Waals surface area contributed by atoms with Gasteiger partial charge in [0.1, 0.15) is 6.04 Å². The van der Waals surface area contributed by atoms with Crippen molar-refractivity contribution in [1.82, 2.24) is 20.0 Å². The van der Waals surface area contributed by atoms with E-state index in [2.05, 4.69) is 15.1 Å². The summed E-state index contributed by atoms with van der Waals surface area (Å²) in [6, 6.07) is 9.56. The van der Waals surface area contributed by atoms with Crippen molar-refractivity contribution < 1.29 is 9.32 Å². The Morgan fingerprint density at radius 1 is 1.32 bits per heavy atom. The predicted molar refractivity (Wildman–Crippen MR) is 94.0 cm³/mol. The lowest BCUT2D eigenvalue weighted by atomic mass is 10.2. The van der Waals surface area contributed by atoms with E-state index in [4.69, 9.17) is 4.52 Å². The molecule has 25 heavy (non-hydrogen) atoms. The van der Waals surface area contributed by atoms with Crippen molar-refractivity contribution in [1.29, 1.82) is 0 Å². The Morgan fingerprint density at radius 3 is 2.92 bits per heavy atom. The fourth-order valence-corrected chi connectivity index (χ4v) is 3.76. The van der Waals surface area contributed by atoms with E-state index in [0.717, 1.165) is 35.7 Å². The molecule has 1 aliphatic rings. The average Bonchev–Trinajstić information content (AvgIpc) is 3.35. The summed E-state index contributed by atoms with van der Waals surface area (Å²) < 4.78 is 5.47. The summed E-state index contributed by atoms with van der Waals surface area (Å²) in [6.07, 6.45) is 2.11. The lowest BCUT2D eigenvalue weighted by Gasteiger charge is -2.21. The van der Waals surface area contributed by atoms with E-state index < -0.39 is 0 Å². The molecule has 0 aliphatic carbocycles. The number of likely N-dealkylation sites (tertiary alicyclic amines) is 1. The van der Waals surface area contributed by atoms with Gasteiger partial charge in [-0.2, -0.15) is 4.98 Å². The van der Waals surface area contributed by atoms with E-state index >= 15 is 0 Å². The number of benzene rings is 1. The van der Waals surface area contributed by atoms with E-state index in [-0.39, 0.29) is 11.9 Å². The smallest absolute Gasteiger partial charge is 0.249 e. The SMILES string of the molecule is Cc1nc(CC(=O)N2CCC[C@@H]2c2nc(-c3ccccc3)no2)cs1. The minimum atomic E-state index is -0.141. The van der Waals surface area contributed by atoms with Crippen LogP contribution in [0.2, 0.25) is 0 Å². The maximum absolute atomic E-state index is 12.7. The van der Waals surface area contributed by atoms with Crippen molar-refractivity contribution in [2.24, 2.45) is 0 Å². The molecule has 2 aromatic heterocycles. The number of carbonyl (C=O) groups excluding carboxylic acids is 1. The number of aryl methyl sites for hydroxylation is 1. The first-order valence-corrected chi connectivity index (χ1v) is 9.18. The maximum atomic E-state index is 12.7. The molecule has 7 heteroatoms. The number of carbonyl (C=O) groups is 1. The molecule has 0 saturated carbocycles. The van der Waals surface area contributed by atoms with Gasteiger partial charge in [0.05, 0.1) is 17.1 Å². The van der Waals surface area contributed by atoms with Crippen molar-refractivity contribution in [3.8, 4) is 11.4 Å². The minimum Gasteiger partial charge on any atom is -0.337 e. The van der Waals surface area contributed by atoms with Crippen molar-refractivity contribution in [3.63, 3.8) is 0 Å². The van der Waals surface area contributed by atoms with Crippen LogP contribution in [0, 0.1) is 6.92 Å². The Kier molecular flexibility index (Phi) is 4.31. The van der Waals surface area contributed by atoms with E-state index in [0.29, 0.717) is 18.1 Å². The molecule has 1 saturated heterocycles. The van der Waals surface area contributed by atoms with Gasteiger partial charge in [-0.15, -0.1) is 11.3 Å². The van der Waals surface area contributed by atoms with Crippen molar-refractivity contribution in [2.45, 2.75) is 32.2 Å². The molecule has 3 aromatic rings. The molecule has 6 nitrogen and oxygen atoms in total. The van der Waals surface area contributed by atoms with Crippen molar-refractivity contribution >= 4 is 17.2 Å². The van der Waals surface area contributed by atoms with E-state index in [9.17, 15) is 4.79 Å². The van der Waals surface area contributed by atoms with Crippen molar-refractivity contribution in [3.05, 3.63) is 52.3 Å². The Bertz CT molecular complexity index is 874. The second kappa shape index (κ2) is 6.76. The Hall–Kier alpha value is -2.54. The van der Waals surface area contributed by atoms with Crippen LogP contribution in [0.5, 0.6) is 0 Å². The topological polar surface area (TPSA) is 72.1 Å². The first-order chi connectivity index (χ1) is 12.2. The van der Waals surface area contributed by atoms with E-state index in [1.807, 2.05) is 47.5 Å². The highest BCUT2D eigenvalue weighted by Crippen LogP contribution is 2.32. The molecule has 1 amide bonds. The highest BCUT2D eigenvalue weighted by atomic mass is 32.1. The number of rotatable bonds is 4. The van der Waals surface area contributed by atoms with E-state index in [1.54, 1.807) is 11.3 Å². The summed E-state index contributed by atoms with van der Waals surface area (Å²) in [4.78, 5) is 23.4. The molecule has 0 unspecified atom stereocenters. The van der Waals surface area contributed by atoms with Crippen LogP contribution in [-0.2, 0) is 11.2 Å². The minimum absolute atomic E-state index is 0.0623. The predicted octanol–water partition coefficient (Wildman–Crippen LogP) is 3.41. The zero-order valence-corrected chi connectivity index (χ0v) is 14.7. The number of amides is 1. The maximum Gasteiger partial charge on any atom is 0.249 e. The summed E-state index contributed by atoms with van der Waals surface area (Å²) in [5, 5.41) is 7.00. The molecule has 3 heterocycles. The third-order valence-corrected chi connectivity index (χ3v) is 5.15. The molecule has 128 valence electrons. The molecular formula is C18H18N4O2S. The monoisotopic (exact) mass is 354 g/mol. The number of hydrogen-bond acceptors (Lipinski definition) is 6. The highest BCUT2D eigenvalue weighted by Gasteiger charge is 2.34. The van der Waals surface area contributed by atoms with Crippen LogP contribution >= 0.6 is 11.3 Å². The van der Waals surface area contributed by atoms with Gasteiger partial charge in [-0.05, 0) is 19.8 Å². The van der Waals surface area contributed by atoms with Crippen LogP contribution in [0.3, 0.4) is 0 Å². The first-order valence-electron chi connectivity index (χ1n) is 8.30. The molecule has 0 N–H and O–H groups in total. The van der Waals surface area contributed by atoms with Gasteiger partial charge in [-0.3, -0.25) is 4.79 Å². The third-order valence-electron chi connectivity index (χ3n) is 4.33. The van der Waals surface area contributed by atoms with Crippen LogP contribution in [0.1, 0.15) is 35.5 Å². The Labute approximate surface area is 149 Å². The molecule has 4 rings (SSSR count). The molecule has 0 radical (unpaired) electrons. The van der Waals surface area contributed by atoms with E-state index in [1.165, 1.54) is 0 Å². The summed E-state index contributed by atoms with van der Waals surface area (Å²) >= 11 is 1.56. The van der Waals surface area contributed by atoms with Gasteiger partial charge >= 0.3 is 0 Å². The first kappa shape index (κ1) is 16.0. The lowest BCUT2D eigenvalue weighted by molar-refractivity contribution is -0.131. The molecule has 1 aliphatic heterocycles. The fraction of sp³-hybridized carbons (Fsp3) is 0.333. The zero-order chi connectivity index (χ0) is 17.2. The molecule has 1 fully saturated rings. The van der Waals surface area contributed by atoms with Crippen molar-refractivity contribution in [2.75, 3.05) is 6.54 Å². The van der Waals surface area contributed by atoms with Gasteiger partial charge < -0.3 is 9.42 Å². The normalized spacial score (nSPS) is 17.2.